The lowest BCUT2D eigenvalue weighted by Gasteiger charge is -2.12. The predicted molar refractivity (Wildman–Crippen MR) is 108 cm³/mol. The monoisotopic (exact) mass is 427 g/mol. The molecule has 0 aliphatic carbocycles. The van der Waals surface area contributed by atoms with E-state index in [1.807, 2.05) is 0 Å². The van der Waals surface area contributed by atoms with Crippen LogP contribution in [0.25, 0.3) is 16.6 Å². The number of alkyl halides is 3. The lowest BCUT2D eigenvalue weighted by atomic mass is 10.2. The van der Waals surface area contributed by atoms with Crippen LogP contribution in [-0.4, -0.2) is 25.2 Å². The first kappa shape index (κ1) is 20.3. The number of anilines is 1. The van der Waals surface area contributed by atoms with Crippen LogP contribution in [0.5, 0.6) is 0 Å². The fourth-order valence-electron chi connectivity index (χ4n) is 3.16. The van der Waals surface area contributed by atoms with E-state index in [9.17, 15) is 22.8 Å². The van der Waals surface area contributed by atoms with E-state index >= 15 is 0 Å². The minimum Gasteiger partial charge on any atom is -0.309 e. The van der Waals surface area contributed by atoms with Crippen LogP contribution in [0.1, 0.15) is 11.3 Å². The highest BCUT2D eigenvalue weighted by molar-refractivity contribution is 5.90. The number of aryl methyl sites for hydroxylation is 1. The maximum atomic E-state index is 13.1. The molecule has 0 radical (unpaired) electrons. The maximum absolute atomic E-state index is 13.1. The molecule has 1 amide bonds. The first-order chi connectivity index (χ1) is 14.7. The molecule has 0 aliphatic rings. The minimum absolute atomic E-state index is 0.141. The number of benzene rings is 2. The number of rotatable bonds is 4. The quantitative estimate of drug-likeness (QED) is 0.540. The van der Waals surface area contributed by atoms with Crippen molar-refractivity contribution in [2.45, 2.75) is 19.6 Å². The van der Waals surface area contributed by atoms with E-state index in [1.54, 1.807) is 31.2 Å². The average Bonchev–Trinajstić information content (AvgIpc) is 3.09. The number of carbonyl (C=O) groups is 1. The first-order valence-electron chi connectivity index (χ1n) is 9.21. The molecular weight excluding hydrogens is 411 g/mol. The molecule has 0 bridgehead atoms. The van der Waals surface area contributed by atoms with E-state index < -0.39 is 17.6 Å². The molecule has 0 unspecified atom stereocenters. The number of fused-ring (bicyclic) bond motifs is 1. The fourth-order valence-corrected chi connectivity index (χ4v) is 3.16. The van der Waals surface area contributed by atoms with E-state index in [1.165, 1.54) is 29.2 Å². The number of hydrogen-bond acceptors (Lipinski definition) is 4. The Labute approximate surface area is 173 Å². The number of aromatic nitrogens is 4. The molecule has 0 aliphatic heterocycles. The Morgan fingerprint density at radius 1 is 1.10 bits per heavy atom. The third-order valence-electron chi connectivity index (χ3n) is 4.56. The Kier molecular flexibility index (Phi) is 5.05. The predicted octanol–water partition coefficient (Wildman–Crippen LogP) is 3.55. The van der Waals surface area contributed by atoms with E-state index in [2.05, 4.69) is 15.4 Å². The molecule has 4 rings (SSSR count). The number of carbonyl (C=O) groups excluding carboxylic acids is 1. The number of para-hydroxylation sites is 1. The van der Waals surface area contributed by atoms with E-state index in [4.69, 9.17) is 0 Å². The van der Waals surface area contributed by atoms with Crippen molar-refractivity contribution in [2.75, 3.05) is 5.32 Å². The molecule has 10 heteroatoms. The summed E-state index contributed by atoms with van der Waals surface area (Å²) in [6, 6.07) is 12.9. The van der Waals surface area contributed by atoms with E-state index in [-0.39, 0.29) is 23.6 Å². The summed E-state index contributed by atoms with van der Waals surface area (Å²) in [5.74, 6) is -0.365. The first-order valence-corrected chi connectivity index (χ1v) is 9.21. The van der Waals surface area contributed by atoms with Crippen LogP contribution in [0.2, 0.25) is 0 Å². The lowest BCUT2D eigenvalue weighted by molar-refractivity contribution is -0.137. The Bertz CT molecular complexity index is 1340. The van der Waals surface area contributed by atoms with Gasteiger partial charge in [0.05, 0.1) is 34.2 Å². The van der Waals surface area contributed by atoms with Crippen molar-refractivity contribution >= 4 is 22.6 Å². The van der Waals surface area contributed by atoms with Gasteiger partial charge in [0, 0.05) is 6.07 Å². The summed E-state index contributed by atoms with van der Waals surface area (Å²) in [5, 5.41) is 7.16. The van der Waals surface area contributed by atoms with Crippen molar-refractivity contribution in [3.05, 3.63) is 82.5 Å². The van der Waals surface area contributed by atoms with Gasteiger partial charge in [-0.15, -0.1) is 0 Å². The standard InChI is InChI=1S/C21H16F3N5O2/c1-13-9-18(29(27-13)15-6-4-5-14(10-15)21(22,23)24)26-19(30)11-28-12-25-17-8-3-2-7-16(17)20(28)31/h2-10,12H,11H2,1H3,(H,26,30). The molecule has 2 aromatic carbocycles. The fraction of sp³-hybridized carbons (Fsp3) is 0.143. The van der Waals surface area contributed by atoms with Crippen LogP contribution < -0.4 is 10.9 Å². The second-order valence-corrected chi connectivity index (χ2v) is 6.87. The molecule has 7 nitrogen and oxygen atoms in total. The Hall–Kier alpha value is -3.95. The van der Waals surface area contributed by atoms with Gasteiger partial charge < -0.3 is 5.32 Å². The molecule has 0 spiro atoms. The summed E-state index contributed by atoms with van der Waals surface area (Å²) in [6.45, 7) is 1.33. The van der Waals surface area contributed by atoms with Crippen molar-refractivity contribution in [1.82, 2.24) is 19.3 Å². The van der Waals surface area contributed by atoms with Gasteiger partial charge in [-0.25, -0.2) is 9.67 Å². The maximum Gasteiger partial charge on any atom is 0.416 e. The molecule has 0 fully saturated rings. The number of amides is 1. The van der Waals surface area contributed by atoms with Gasteiger partial charge in [-0.05, 0) is 37.3 Å². The highest BCUT2D eigenvalue weighted by atomic mass is 19.4. The third-order valence-corrected chi connectivity index (χ3v) is 4.56. The van der Waals surface area contributed by atoms with Gasteiger partial charge in [-0.3, -0.25) is 14.2 Å². The zero-order chi connectivity index (χ0) is 22.2. The lowest BCUT2D eigenvalue weighted by Crippen LogP contribution is -2.28. The largest absolute Gasteiger partial charge is 0.416 e. The summed E-state index contributed by atoms with van der Waals surface area (Å²) in [5.41, 5.74) is -0.0463. The molecule has 158 valence electrons. The van der Waals surface area contributed by atoms with Gasteiger partial charge in [0.2, 0.25) is 5.91 Å². The number of nitrogens with zero attached hydrogens (tertiary/aromatic N) is 4. The van der Waals surface area contributed by atoms with Crippen LogP contribution >= 0.6 is 0 Å². The van der Waals surface area contributed by atoms with Crippen LogP contribution in [0.4, 0.5) is 19.0 Å². The van der Waals surface area contributed by atoms with Crippen LogP contribution in [-0.2, 0) is 17.5 Å². The smallest absolute Gasteiger partial charge is 0.309 e. The topological polar surface area (TPSA) is 81.8 Å². The van der Waals surface area contributed by atoms with Gasteiger partial charge in [0.1, 0.15) is 12.4 Å². The second-order valence-electron chi connectivity index (χ2n) is 6.87. The Morgan fingerprint density at radius 2 is 1.87 bits per heavy atom. The molecular formula is C21H16F3N5O2. The summed E-state index contributed by atoms with van der Waals surface area (Å²) in [6.07, 6.45) is -3.23. The SMILES string of the molecule is Cc1cc(NC(=O)Cn2cnc3ccccc3c2=O)n(-c2cccc(C(F)(F)F)c2)n1. The highest BCUT2D eigenvalue weighted by Crippen LogP contribution is 2.31. The van der Waals surface area contributed by atoms with Crippen LogP contribution in [0, 0.1) is 6.92 Å². The van der Waals surface area contributed by atoms with Crippen molar-refractivity contribution in [1.29, 1.82) is 0 Å². The summed E-state index contributed by atoms with van der Waals surface area (Å²) >= 11 is 0. The van der Waals surface area contributed by atoms with Gasteiger partial charge in [0.25, 0.3) is 5.56 Å². The summed E-state index contributed by atoms with van der Waals surface area (Å²) < 4.78 is 41.5. The summed E-state index contributed by atoms with van der Waals surface area (Å²) in [7, 11) is 0. The molecule has 31 heavy (non-hydrogen) atoms. The van der Waals surface area contributed by atoms with Crippen molar-refractivity contribution in [3.63, 3.8) is 0 Å². The van der Waals surface area contributed by atoms with E-state index in [0.29, 0.717) is 16.6 Å². The van der Waals surface area contributed by atoms with Gasteiger partial charge in [-0.2, -0.15) is 18.3 Å². The Balaban J connectivity index is 1.61. The molecule has 0 atom stereocenters. The Morgan fingerprint density at radius 3 is 2.65 bits per heavy atom. The van der Waals surface area contributed by atoms with Crippen LogP contribution in [0.3, 0.4) is 0 Å². The average molecular weight is 427 g/mol. The van der Waals surface area contributed by atoms with Gasteiger partial charge in [0.15, 0.2) is 0 Å². The van der Waals surface area contributed by atoms with Crippen LogP contribution in [0.15, 0.2) is 65.7 Å². The molecule has 0 saturated heterocycles. The van der Waals surface area contributed by atoms with Gasteiger partial charge in [-0.1, -0.05) is 18.2 Å². The molecule has 2 aromatic heterocycles. The zero-order valence-electron chi connectivity index (χ0n) is 16.2. The molecule has 2 heterocycles. The molecule has 4 aromatic rings. The normalized spacial score (nSPS) is 11.6. The minimum atomic E-state index is -4.51. The zero-order valence-corrected chi connectivity index (χ0v) is 16.2. The number of nitrogens with one attached hydrogen (secondary N) is 1. The van der Waals surface area contributed by atoms with Gasteiger partial charge >= 0.3 is 6.18 Å². The van der Waals surface area contributed by atoms with Crippen molar-refractivity contribution in [3.8, 4) is 5.69 Å². The number of hydrogen-bond donors (Lipinski definition) is 1. The van der Waals surface area contributed by atoms with E-state index in [0.717, 1.165) is 16.7 Å². The third kappa shape index (κ3) is 4.18. The highest BCUT2D eigenvalue weighted by Gasteiger charge is 2.30. The second kappa shape index (κ2) is 7.71. The molecule has 1 N–H and O–H groups in total. The van der Waals surface area contributed by atoms with Crippen molar-refractivity contribution in [2.24, 2.45) is 0 Å². The van der Waals surface area contributed by atoms with Crippen molar-refractivity contribution < 1.29 is 18.0 Å². The molecule has 0 saturated carbocycles. The summed E-state index contributed by atoms with van der Waals surface area (Å²) in [4.78, 5) is 29.3. The number of halogens is 3.